The summed E-state index contributed by atoms with van der Waals surface area (Å²) in [6, 6.07) is 6.51. The van der Waals surface area contributed by atoms with Crippen molar-refractivity contribution in [1.29, 1.82) is 0 Å². The van der Waals surface area contributed by atoms with E-state index >= 15 is 0 Å². The highest BCUT2D eigenvalue weighted by atomic mass is 32.2. The summed E-state index contributed by atoms with van der Waals surface area (Å²) in [5, 5.41) is 4.86. The Bertz CT molecular complexity index is 574. The lowest BCUT2D eigenvalue weighted by Crippen LogP contribution is -2.32. The van der Waals surface area contributed by atoms with Crippen molar-refractivity contribution < 1.29 is 18.0 Å². The van der Waals surface area contributed by atoms with Crippen LogP contribution in [0.4, 0.5) is 0 Å². The van der Waals surface area contributed by atoms with Crippen LogP contribution >= 0.6 is 0 Å². The topological polar surface area (TPSA) is 97.5 Å². The van der Waals surface area contributed by atoms with E-state index in [2.05, 4.69) is 0 Å². The van der Waals surface area contributed by atoms with E-state index in [1.54, 1.807) is 24.3 Å². The van der Waals surface area contributed by atoms with E-state index in [-0.39, 0.29) is 30.5 Å². The molecule has 1 aliphatic heterocycles. The first-order valence-corrected chi connectivity index (χ1v) is 7.07. The number of amides is 2. The van der Waals surface area contributed by atoms with Crippen molar-refractivity contribution in [1.82, 2.24) is 4.90 Å². The number of nitrogens with two attached hydrogens (primary N) is 1. The summed E-state index contributed by atoms with van der Waals surface area (Å²) >= 11 is 0. The van der Waals surface area contributed by atoms with Gasteiger partial charge in [0.25, 0.3) is 11.8 Å². The third-order valence-corrected chi connectivity index (χ3v) is 3.55. The molecule has 1 aliphatic rings. The Hall–Kier alpha value is -1.73. The summed E-state index contributed by atoms with van der Waals surface area (Å²) < 4.78 is 21.6. The van der Waals surface area contributed by atoms with Gasteiger partial charge in [0.1, 0.15) is 0 Å². The van der Waals surface area contributed by atoms with Crippen LogP contribution in [0.25, 0.3) is 0 Å². The molecule has 2 N–H and O–H groups in total. The largest absolute Gasteiger partial charge is 0.274 e. The second-order valence-corrected chi connectivity index (χ2v) is 5.76. The summed E-state index contributed by atoms with van der Waals surface area (Å²) in [4.78, 5) is 24.8. The molecule has 0 spiro atoms. The number of carbonyl (C=O) groups is 2. The number of rotatable bonds is 4. The van der Waals surface area contributed by atoms with Crippen LogP contribution in [0.15, 0.2) is 24.3 Å². The summed E-state index contributed by atoms with van der Waals surface area (Å²) in [6.45, 7) is 0.0583. The number of fused-ring (bicyclic) bond motifs is 1. The highest BCUT2D eigenvalue weighted by Gasteiger charge is 2.34. The van der Waals surface area contributed by atoms with Crippen molar-refractivity contribution >= 4 is 21.8 Å². The molecule has 0 saturated carbocycles. The molecule has 0 saturated heterocycles. The van der Waals surface area contributed by atoms with Gasteiger partial charge in [-0.1, -0.05) is 12.1 Å². The van der Waals surface area contributed by atoms with Crippen molar-refractivity contribution in [2.45, 2.75) is 6.42 Å². The van der Waals surface area contributed by atoms with Gasteiger partial charge in [-0.05, 0) is 18.6 Å². The fraction of sp³-hybridized carbons (Fsp3) is 0.273. The fourth-order valence-corrected chi connectivity index (χ4v) is 2.40. The molecule has 0 atom stereocenters. The van der Waals surface area contributed by atoms with Crippen LogP contribution < -0.4 is 5.14 Å². The zero-order valence-electron chi connectivity index (χ0n) is 9.50. The average molecular weight is 268 g/mol. The lowest BCUT2D eigenvalue weighted by atomic mass is 10.1. The summed E-state index contributed by atoms with van der Waals surface area (Å²) in [7, 11) is -3.57. The van der Waals surface area contributed by atoms with Crippen molar-refractivity contribution in [3.8, 4) is 0 Å². The lowest BCUT2D eigenvalue weighted by molar-refractivity contribution is 0.0654. The standard InChI is InChI=1S/C11H12N2O4S/c12-18(16,17)7-3-6-13-10(14)8-4-1-2-5-9(8)11(13)15/h1-2,4-5H,3,6-7H2,(H2,12,16,17). The molecule has 96 valence electrons. The number of nitrogens with zero attached hydrogens (tertiary/aromatic N) is 1. The van der Waals surface area contributed by atoms with Gasteiger partial charge in [0.15, 0.2) is 0 Å². The van der Waals surface area contributed by atoms with E-state index in [9.17, 15) is 18.0 Å². The molecule has 7 heteroatoms. The minimum atomic E-state index is -3.57. The highest BCUT2D eigenvalue weighted by molar-refractivity contribution is 7.89. The van der Waals surface area contributed by atoms with Gasteiger partial charge < -0.3 is 0 Å². The molecule has 0 bridgehead atoms. The van der Waals surface area contributed by atoms with Crippen LogP contribution in [0.1, 0.15) is 27.1 Å². The lowest BCUT2D eigenvalue weighted by Gasteiger charge is -2.12. The molecule has 0 aliphatic carbocycles. The Labute approximate surface area is 104 Å². The molecule has 0 radical (unpaired) electrons. The van der Waals surface area contributed by atoms with Crippen LogP contribution in [0.3, 0.4) is 0 Å². The zero-order valence-corrected chi connectivity index (χ0v) is 10.3. The molecule has 0 unspecified atom stereocenters. The summed E-state index contributed by atoms with van der Waals surface area (Å²) in [5.41, 5.74) is 0.719. The smallest absolute Gasteiger partial charge is 0.261 e. The van der Waals surface area contributed by atoms with Crippen LogP contribution in [-0.4, -0.2) is 37.4 Å². The van der Waals surface area contributed by atoms with E-state index in [4.69, 9.17) is 5.14 Å². The normalized spacial score (nSPS) is 15.1. The Morgan fingerprint density at radius 2 is 1.56 bits per heavy atom. The van der Waals surface area contributed by atoms with Crippen LogP contribution in [0.5, 0.6) is 0 Å². The third-order valence-electron chi connectivity index (χ3n) is 2.69. The van der Waals surface area contributed by atoms with E-state index in [0.717, 1.165) is 4.90 Å². The third kappa shape index (κ3) is 2.41. The molecular weight excluding hydrogens is 256 g/mol. The van der Waals surface area contributed by atoms with Crippen LogP contribution in [0.2, 0.25) is 0 Å². The predicted molar refractivity (Wildman–Crippen MR) is 64.4 cm³/mol. The molecule has 0 fully saturated rings. The van der Waals surface area contributed by atoms with Crippen LogP contribution in [-0.2, 0) is 10.0 Å². The summed E-state index contributed by atoms with van der Waals surface area (Å²) in [5.74, 6) is -1.02. The van der Waals surface area contributed by atoms with Gasteiger partial charge in [-0.15, -0.1) is 0 Å². The average Bonchev–Trinajstić information content (AvgIpc) is 2.53. The number of sulfonamides is 1. The number of primary sulfonamides is 1. The molecular formula is C11H12N2O4S. The van der Waals surface area contributed by atoms with Gasteiger partial charge in [0.2, 0.25) is 10.0 Å². The second-order valence-electron chi connectivity index (χ2n) is 4.03. The molecule has 0 aromatic heterocycles. The fourth-order valence-electron chi connectivity index (χ4n) is 1.87. The van der Waals surface area contributed by atoms with Crippen molar-refractivity contribution in [3.63, 3.8) is 0 Å². The maximum atomic E-state index is 11.9. The molecule has 1 aromatic rings. The molecule has 2 rings (SSSR count). The quantitative estimate of drug-likeness (QED) is 0.775. The first kappa shape index (κ1) is 12.7. The predicted octanol–water partition coefficient (Wildman–Crippen LogP) is -0.0388. The molecule has 1 heterocycles. The van der Waals surface area contributed by atoms with Gasteiger partial charge >= 0.3 is 0 Å². The first-order valence-electron chi connectivity index (χ1n) is 5.36. The Morgan fingerprint density at radius 3 is 2.00 bits per heavy atom. The van der Waals surface area contributed by atoms with Gasteiger partial charge in [-0.3, -0.25) is 14.5 Å². The van der Waals surface area contributed by atoms with Crippen molar-refractivity contribution in [2.75, 3.05) is 12.3 Å². The number of imide groups is 1. The van der Waals surface area contributed by atoms with E-state index in [0.29, 0.717) is 11.1 Å². The Morgan fingerprint density at radius 1 is 1.06 bits per heavy atom. The molecule has 6 nitrogen and oxygen atoms in total. The van der Waals surface area contributed by atoms with Gasteiger partial charge in [0.05, 0.1) is 16.9 Å². The Balaban J connectivity index is 2.10. The monoisotopic (exact) mass is 268 g/mol. The molecule has 18 heavy (non-hydrogen) atoms. The molecule has 2 amide bonds. The number of benzene rings is 1. The minimum Gasteiger partial charge on any atom is -0.274 e. The van der Waals surface area contributed by atoms with E-state index in [1.165, 1.54) is 0 Å². The minimum absolute atomic E-state index is 0.0583. The van der Waals surface area contributed by atoms with Gasteiger partial charge in [-0.25, -0.2) is 13.6 Å². The second kappa shape index (κ2) is 4.51. The number of hydrogen-bond donors (Lipinski definition) is 1. The maximum Gasteiger partial charge on any atom is 0.261 e. The molecule has 1 aromatic carbocycles. The van der Waals surface area contributed by atoms with Gasteiger partial charge in [-0.2, -0.15) is 0 Å². The maximum absolute atomic E-state index is 11.9. The zero-order chi connectivity index (χ0) is 13.3. The SMILES string of the molecule is NS(=O)(=O)CCCN1C(=O)c2ccccc2C1=O. The van der Waals surface area contributed by atoms with Crippen molar-refractivity contribution in [3.05, 3.63) is 35.4 Å². The summed E-state index contributed by atoms with van der Waals surface area (Å²) in [6.07, 6.45) is 0.143. The van der Waals surface area contributed by atoms with E-state index < -0.39 is 10.0 Å². The van der Waals surface area contributed by atoms with E-state index in [1.807, 2.05) is 0 Å². The van der Waals surface area contributed by atoms with Crippen LogP contribution in [0, 0.1) is 0 Å². The number of carbonyl (C=O) groups excluding carboxylic acids is 2. The van der Waals surface area contributed by atoms with Crippen molar-refractivity contribution in [2.24, 2.45) is 5.14 Å². The Kier molecular flexibility index (Phi) is 3.18. The highest BCUT2D eigenvalue weighted by Crippen LogP contribution is 2.22. The number of hydrogen-bond acceptors (Lipinski definition) is 4. The first-order chi connectivity index (χ1) is 8.40. The van der Waals surface area contributed by atoms with Gasteiger partial charge in [0, 0.05) is 6.54 Å².